The summed E-state index contributed by atoms with van der Waals surface area (Å²) in [6.45, 7) is 2.24. The van der Waals surface area contributed by atoms with Gasteiger partial charge in [-0.25, -0.2) is 0 Å². The molecule has 1 aliphatic carbocycles. The number of fused-ring (bicyclic) bond motifs is 1. The van der Waals surface area contributed by atoms with Gasteiger partial charge in [-0.1, -0.05) is 6.92 Å². The first-order valence-corrected chi connectivity index (χ1v) is 8.07. The van der Waals surface area contributed by atoms with Crippen LogP contribution in [0.25, 0.3) is 0 Å². The fourth-order valence-electron chi connectivity index (χ4n) is 2.73. The number of benzene rings is 1. The molecule has 1 aliphatic rings. The van der Waals surface area contributed by atoms with Crippen molar-refractivity contribution in [3.8, 4) is 0 Å². The van der Waals surface area contributed by atoms with E-state index in [1.54, 1.807) is 23.5 Å². The lowest BCUT2D eigenvalue weighted by atomic mass is 9.88. The van der Waals surface area contributed by atoms with Gasteiger partial charge in [-0.05, 0) is 42.9 Å². The Morgan fingerprint density at radius 2 is 2.09 bits per heavy atom. The van der Waals surface area contributed by atoms with Gasteiger partial charge in [-0.3, -0.25) is 14.9 Å². The number of nitrogens with zero attached hydrogens (tertiary/aromatic N) is 1. The molecule has 0 unspecified atom stereocenters. The lowest BCUT2D eigenvalue weighted by Gasteiger charge is -2.18. The van der Waals surface area contributed by atoms with Gasteiger partial charge in [-0.15, -0.1) is 11.3 Å². The molecule has 2 aromatic rings. The van der Waals surface area contributed by atoms with Crippen LogP contribution in [0, 0.1) is 16.0 Å². The van der Waals surface area contributed by atoms with Gasteiger partial charge in [-0.2, -0.15) is 0 Å². The van der Waals surface area contributed by atoms with E-state index < -0.39 is 4.92 Å². The summed E-state index contributed by atoms with van der Waals surface area (Å²) >= 11 is 1.65. The molecule has 1 N–H and O–H groups in total. The molecule has 22 heavy (non-hydrogen) atoms. The third-order valence-electron chi connectivity index (χ3n) is 3.98. The number of carbonyl (C=O) groups is 1. The van der Waals surface area contributed by atoms with Crippen molar-refractivity contribution >= 4 is 28.6 Å². The van der Waals surface area contributed by atoms with Crippen molar-refractivity contribution in [2.75, 3.05) is 5.32 Å². The maximum absolute atomic E-state index is 12.4. The third kappa shape index (κ3) is 2.87. The molecular weight excluding hydrogens is 300 g/mol. The molecule has 1 amide bonds. The van der Waals surface area contributed by atoms with Gasteiger partial charge in [0.1, 0.15) is 0 Å². The normalized spacial score (nSPS) is 16.9. The highest BCUT2D eigenvalue weighted by molar-refractivity contribution is 7.10. The van der Waals surface area contributed by atoms with Crippen molar-refractivity contribution in [2.45, 2.75) is 26.2 Å². The summed E-state index contributed by atoms with van der Waals surface area (Å²) < 4.78 is 0. The van der Waals surface area contributed by atoms with Crippen molar-refractivity contribution < 1.29 is 9.72 Å². The van der Waals surface area contributed by atoms with Gasteiger partial charge in [0.25, 0.3) is 11.6 Å². The molecule has 1 aromatic carbocycles. The lowest BCUT2D eigenvalue weighted by molar-refractivity contribution is -0.384. The molecule has 1 heterocycles. The largest absolute Gasteiger partial charge is 0.322 e. The van der Waals surface area contributed by atoms with E-state index in [0.29, 0.717) is 11.6 Å². The van der Waals surface area contributed by atoms with Crippen LogP contribution in [0.3, 0.4) is 0 Å². The van der Waals surface area contributed by atoms with Crippen molar-refractivity contribution in [2.24, 2.45) is 5.92 Å². The Balaban J connectivity index is 1.76. The summed E-state index contributed by atoms with van der Waals surface area (Å²) in [5.41, 5.74) is 2.49. The van der Waals surface area contributed by atoms with Crippen LogP contribution < -0.4 is 5.32 Å². The minimum Gasteiger partial charge on any atom is -0.322 e. The number of non-ortho nitro benzene ring substituents is 1. The number of hydrogen-bond donors (Lipinski definition) is 1. The summed E-state index contributed by atoms with van der Waals surface area (Å²) in [6.07, 6.45) is 3.11. The molecule has 5 nitrogen and oxygen atoms in total. The van der Waals surface area contributed by atoms with Crippen molar-refractivity contribution in [3.05, 3.63) is 55.8 Å². The zero-order chi connectivity index (χ0) is 15.7. The fraction of sp³-hybridized carbons (Fsp3) is 0.312. The predicted molar refractivity (Wildman–Crippen MR) is 86.6 cm³/mol. The minimum absolute atomic E-state index is 0.0138. The van der Waals surface area contributed by atoms with Gasteiger partial charge in [0.05, 0.1) is 10.5 Å². The second-order valence-electron chi connectivity index (χ2n) is 5.66. The minimum atomic E-state index is -0.456. The van der Waals surface area contributed by atoms with Crippen LogP contribution in [0.5, 0.6) is 0 Å². The maximum atomic E-state index is 12.4. The van der Waals surface area contributed by atoms with E-state index >= 15 is 0 Å². The highest BCUT2D eigenvalue weighted by Crippen LogP contribution is 2.33. The topological polar surface area (TPSA) is 72.2 Å². The van der Waals surface area contributed by atoms with E-state index in [4.69, 9.17) is 0 Å². The highest BCUT2D eigenvalue weighted by atomic mass is 32.1. The molecule has 0 radical (unpaired) electrons. The third-order valence-corrected chi connectivity index (χ3v) is 5.03. The molecule has 0 saturated heterocycles. The van der Waals surface area contributed by atoms with E-state index in [1.807, 2.05) is 5.38 Å². The van der Waals surface area contributed by atoms with Crippen molar-refractivity contribution in [3.63, 3.8) is 0 Å². The Bertz CT molecular complexity index is 721. The molecular formula is C16H16N2O3S. The Morgan fingerprint density at radius 1 is 1.36 bits per heavy atom. The SMILES string of the molecule is C[C@@H]1CCc2c(C(=O)Nc3ccc([N+](=O)[O-])cc3)csc2C1. The molecule has 114 valence electrons. The lowest BCUT2D eigenvalue weighted by Crippen LogP contribution is -2.16. The predicted octanol–water partition coefficient (Wildman–Crippen LogP) is 4.03. The smallest absolute Gasteiger partial charge is 0.269 e. The Hall–Kier alpha value is -2.21. The maximum Gasteiger partial charge on any atom is 0.269 e. The van der Waals surface area contributed by atoms with Crippen LogP contribution in [0.1, 0.15) is 34.1 Å². The Kier molecular flexibility index (Phi) is 3.94. The van der Waals surface area contributed by atoms with Crippen LogP contribution in [-0.4, -0.2) is 10.8 Å². The van der Waals surface area contributed by atoms with E-state index in [1.165, 1.54) is 22.6 Å². The molecule has 6 heteroatoms. The van der Waals surface area contributed by atoms with Crippen LogP contribution in [0.4, 0.5) is 11.4 Å². The fourth-order valence-corrected chi connectivity index (χ4v) is 3.98. The number of thiophene rings is 1. The second-order valence-corrected chi connectivity index (χ2v) is 6.62. The molecule has 0 fully saturated rings. The molecule has 0 spiro atoms. The van der Waals surface area contributed by atoms with Gasteiger partial charge in [0.2, 0.25) is 0 Å². The highest BCUT2D eigenvalue weighted by Gasteiger charge is 2.23. The van der Waals surface area contributed by atoms with Gasteiger partial charge >= 0.3 is 0 Å². The zero-order valence-corrected chi connectivity index (χ0v) is 13.0. The summed E-state index contributed by atoms with van der Waals surface area (Å²) in [7, 11) is 0. The quantitative estimate of drug-likeness (QED) is 0.686. The molecule has 3 rings (SSSR count). The number of amides is 1. The van der Waals surface area contributed by atoms with Gasteiger partial charge < -0.3 is 5.32 Å². The first kappa shape index (κ1) is 14.7. The molecule has 1 atom stereocenters. The first-order valence-electron chi connectivity index (χ1n) is 7.19. The van der Waals surface area contributed by atoms with Gasteiger partial charge in [0, 0.05) is 28.1 Å². The number of nitrogens with one attached hydrogen (secondary N) is 1. The number of rotatable bonds is 3. The summed E-state index contributed by atoms with van der Waals surface area (Å²) in [5, 5.41) is 15.4. The Morgan fingerprint density at radius 3 is 2.77 bits per heavy atom. The van der Waals surface area contributed by atoms with Gasteiger partial charge in [0.15, 0.2) is 0 Å². The summed E-state index contributed by atoms with van der Waals surface area (Å²) in [6, 6.07) is 5.88. The van der Waals surface area contributed by atoms with E-state index in [-0.39, 0.29) is 11.6 Å². The first-order chi connectivity index (χ1) is 10.5. The van der Waals surface area contributed by atoms with E-state index in [0.717, 1.165) is 24.8 Å². The second kappa shape index (κ2) is 5.88. The van der Waals surface area contributed by atoms with Crippen molar-refractivity contribution in [1.82, 2.24) is 0 Å². The van der Waals surface area contributed by atoms with Crippen LogP contribution in [0.2, 0.25) is 0 Å². The molecule has 1 aromatic heterocycles. The van der Waals surface area contributed by atoms with Crippen molar-refractivity contribution in [1.29, 1.82) is 0 Å². The standard InChI is InChI=1S/C16H16N2O3S/c1-10-2-7-13-14(9-22-15(13)8-10)16(19)17-11-3-5-12(6-4-11)18(20)21/h3-6,9-10H,2,7-8H2,1H3,(H,17,19)/t10-/m1/s1. The summed E-state index contributed by atoms with van der Waals surface area (Å²) in [4.78, 5) is 23.9. The number of hydrogen-bond acceptors (Lipinski definition) is 4. The molecule has 0 aliphatic heterocycles. The summed E-state index contributed by atoms with van der Waals surface area (Å²) in [5.74, 6) is 0.539. The van der Waals surface area contributed by atoms with E-state index in [2.05, 4.69) is 12.2 Å². The zero-order valence-electron chi connectivity index (χ0n) is 12.2. The Labute approximate surface area is 132 Å². The average Bonchev–Trinajstić information content (AvgIpc) is 2.90. The molecule has 0 bridgehead atoms. The van der Waals surface area contributed by atoms with Crippen LogP contribution in [0.15, 0.2) is 29.6 Å². The monoisotopic (exact) mass is 316 g/mol. The average molecular weight is 316 g/mol. The number of nitro groups is 1. The van der Waals surface area contributed by atoms with E-state index in [9.17, 15) is 14.9 Å². The number of anilines is 1. The van der Waals surface area contributed by atoms with Crippen LogP contribution in [-0.2, 0) is 12.8 Å². The number of carbonyl (C=O) groups excluding carboxylic acids is 1. The van der Waals surface area contributed by atoms with Crippen LogP contribution >= 0.6 is 11.3 Å². The number of nitro benzene ring substituents is 1. The molecule has 0 saturated carbocycles.